The summed E-state index contributed by atoms with van der Waals surface area (Å²) in [6, 6.07) is 7.67. The molecule has 0 atom stereocenters. The highest BCUT2D eigenvalue weighted by molar-refractivity contribution is 5.89. The van der Waals surface area contributed by atoms with Crippen molar-refractivity contribution in [2.45, 2.75) is 90.3 Å². The van der Waals surface area contributed by atoms with Gasteiger partial charge in [-0.25, -0.2) is 4.79 Å². The van der Waals surface area contributed by atoms with E-state index in [1.807, 2.05) is 24.3 Å². The Balaban J connectivity index is 1.41. The van der Waals surface area contributed by atoms with Crippen LogP contribution in [0.5, 0.6) is 0 Å². The van der Waals surface area contributed by atoms with Crippen molar-refractivity contribution >= 4 is 11.9 Å². The van der Waals surface area contributed by atoms with Crippen LogP contribution in [0.2, 0.25) is 0 Å². The molecule has 0 bridgehead atoms. The van der Waals surface area contributed by atoms with E-state index in [9.17, 15) is 9.59 Å². The van der Waals surface area contributed by atoms with Crippen LogP contribution in [-0.4, -0.2) is 24.1 Å². The Morgan fingerprint density at radius 2 is 1.36 bits per heavy atom. The summed E-state index contributed by atoms with van der Waals surface area (Å²) in [6.07, 6.45) is 7.14. The fraction of sp³-hybridized carbons (Fsp3) is 0.667. The lowest BCUT2D eigenvalue weighted by atomic mass is 9.83. The summed E-state index contributed by atoms with van der Waals surface area (Å²) in [5.41, 5.74) is 1.82. The Morgan fingerprint density at radius 3 is 1.89 bits per heavy atom. The Kier molecular flexibility index (Phi) is 7.14. The third-order valence-corrected chi connectivity index (χ3v) is 6.34. The fourth-order valence-electron chi connectivity index (χ4n) is 4.25. The molecular formula is C24H34O4. The molecule has 2 aliphatic carbocycles. The highest BCUT2D eigenvalue weighted by Gasteiger charge is 2.30. The lowest BCUT2D eigenvalue weighted by Gasteiger charge is -2.30. The maximum atomic E-state index is 12.4. The normalized spacial score (nSPS) is 28.0. The van der Waals surface area contributed by atoms with E-state index < -0.39 is 0 Å². The number of esters is 2. The summed E-state index contributed by atoms with van der Waals surface area (Å²) in [6.45, 7) is 6.52. The zero-order valence-electron chi connectivity index (χ0n) is 17.5. The van der Waals surface area contributed by atoms with Gasteiger partial charge in [0.15, 0.2) is 0 Å². The first-order chi connectivity index (χ1) is 13.4. The van der Waals surface area contributed by atoms with Gasteiger partial charge in [-0.15, -0.1) is 0 Å². The van der Waals surface area contributed by atoms with Gasteiger partial charge in [-0.2, -0.15) is 0 Å². The summed E-state index contributed by atoms with van der Waals surface area (Å²) in [5.74, 6) is 0.987. The van der Waals surface area contributed by atoms with Crippen molar-refractivity contribution in [3.63, 3.8) is 0 Å². The highest BCUT2D eigenvalue weighted by atomic mass is 16.6. The third kappa shape index (κ3) is 5.59. The van der Waals surface area contributed by atoms with Gasteiger partial charge < -0.3 is 9.47 Å². The molecule has 1 aromatic carbocycles. The second kappa shape index (κ2) is 9.58. The molecule has 3 rings (SSSR count). The molecule has 28 heavy (non-hydrogen) atoms. The molecule has 2 aliphatic rings. The zero-order valence-corrected chi connectivity index (χ0v) is 17.5. The van der Waals surface area contributed by atoms with Crippen LogP contribution in [0.15, 0.2) is 24.3 Å². The number of hydrogen-bond acceptors (Lipinski definition) is 4. The van der Waals surface area contributed by atoms with Crippen LogP contribution in [-0.2, 0) is 14.3 Å². The molecule has 0 heterocycles. The molecule has 0 aromatic heterocycles. The Hall–Kier alpha value is -1.84. The first-order valence-electron chi connectivity index (χ1n) is 10.9. The smallest absolute Gasteiger partial charge is 0.338 e. The van der Waals surface area contributed by atoms with Crippen molar-refractivity contribution in [3.05, 3.63) is 35.4 Å². The molecule has 0 N–H and O–H groups in total. The average molecular weight is 387 g/mol. The standard InChI is InChI=1S/C24H34O4/c1-16(2)18-8-10-20(11-9-18)24(26)28-22-14-12-21(13-15-22)27-23(25)19-6-4-17(3)5-7-19/h8-11,16-17,19,21-22H,4-7,12-15H2,1-3H3. The molecule has 0 aliphatic heterocycles. The molecule has 0 spiro atoms. The maximum absolute atomic E-state index is 12.4. The molecular weight excluding hydrogens is 352 g/mol. The SMILES string of the molecule is CC1CCC(C(=O)OC2CCC(OC(=O)c3ccc(C(C)C)cc3)CC2)CC1. The van der Waals surface area contributed by atoms with E-state index in [4.69, 9.17) is 9.47 Å². The van der Waals surface area contributed by atoms with Crippen LogP contribution < -0.4 is 0 Å². The molecule has 0 radical (unpaired) electrons. The largest absolute Gasteiger partial charge is 0.462 e. The van der Waals surface area contributed by atoms with Gasteiger partial charge in [0.25, 0.3) is 0 Å². The summed E-state index contributed by atoms with van der Waals surface area (Å²) in [7, 11) is 0. The monoisotopic (exact) mass is 386 g/mol. The molecule has 4 heteroatoms. The van der Waals surface area contributed by atoms with Crippen LogP contribution in [0.25, 0.3) is 0 Å². The number of hydrogen-bond donors (Lipinski definition) is 0. The minimum Gasteiger partial charge on any atom is -0.462 e. The third-order valence-electron chi connectivity index (χ3n) is 6.34. The van der Waals surface area contributed by atoms with Gasteiger partial charge in [-0.05, 0) is 80.9 Å². The molecule has 154 valence electrons. The molecule has 0 unspecified atom stereocenters. The number of carbonyl (C=O) groups excluding carboxylic acids is 2. The first-order valence-corrected chi connectivity index (χ1v) is 10.9. The lowest BCUT2D eigenvalue weighted by molar-refractivity contribution is -0.158. The molecule has 1 aromatic rings. The minimum absolute atomic E-state index is 0.0161. The van der Waals surface area contributed by atoms with Gasteiger partial charge in [0.05, 0.1) is 11.5 Å². The van der Waals surface area contributed by atoms with Crippen LogP contribution in [0.1, 0.15) is 94.0 Å². The van der Waals surface area contributed by atoms with Gasteiger partial charge >= 0.3 is 11.9 Å². The van der Waals surface area contributed by atoms with Gasteiger partial charge in [0, 0.05) is 0 Å². The fourth-order valence-corrected chi connectivity index (χ4v) is 4.25. The van der Waals surface area contributed by atoms with E-state index in [-0.39, 0.29) is 30.1 Å². The Morgan fingerprint density at radius 1 is 0.821 bits per heavy atom. The maximum Gasteiger partial charge on any atom is 0.338 e. The van der Waals surface area contributed by atoms with E-state index in [1.54, 1.807) is 0 Å². The number of carbonyl (C=O) groups is 2. The lowest BCUT2D eigenvalue weighted by Crippen LogP contribution is -2.32. The predicted octanol–water partition coefficient (Wildman–Crippen LogP) is 5.65. The average Bonchev–Trinajstić information content (AvgIpc) is 2.70. The molecule has 0 amide bonds. The van der Waals surface area contributed by atoms with Gasteiger partial charge in [-0.3, -0.25) is 4.79 Å². The second-order valence-electron chi connectivity index (χ2n) is 8.97. The first kappa shape index (κ1) is 20.9. The van der Waals surface area contributed by atoms with E-state index in [1.165, 1.54) is 5.56 Å². The number of rotatable bonds is 5. The highest BCUT2D eigenvalue weighted by Crippen LogP contribution is 2.31. The van der Waals surface area contributed by atoms with Crippen molar-refractivity contribution in [3.8, 4) is 0 Å². The molecule has 4 nitrogen and oxygen atoms in total. The van der Waals surface area contributed by atoms with E-state index >= 15 is 0 Å². The zero-order chi connectivity index (χ0) is 20.1. The van der Waals surface area contributed by atoms with Crippen molar-refractivity contribution in [2.24, 2.45) is 11.8 Å². The summed E-state index contributed by atoms with van der Waals surface area (Å²) in [5, 5.41) is 0. The van der Waals surface area contributed by atoms with Gasteiger partial charge in [-0.1, -0.05) is 32.9 Å². The Bertz CT molecular complexity index is 648. The molecule has 0 saturated heterocycles. The molecule has 2 fully saturated rings. The Labute approximate surface area is 169 Å². The topological polar surface area (TPSA) is 52.6 Å². The quantitative estimate of drug-likeness (QED) is 0.614. The van der Waals surface area contributed by atoms with Crippen LogP contribution in [0.3, 0.4) is 0 Å². The van der Waals surface area contributed by atoms with Crippen molar-refractivity contribution in [2.75, 3.05) is 0 Å². The second-order valence-corrected chi connectivity index (χ2v) is 8.97. The van der Waals surface area contributed by atoms with E-state index in [0.29, 0.717) is 11.5 Å². The van der Waals surface area contributed by atoms with Crippen molar-refractivity contribution in [1.82, 2.24) is 0 Å². The number of ether oxygens (including phenoxy) is 2. The number of benzene rings is 1. The summed E-state index contributed by atoms with van der Waals surface area (Å²) < 4.78 is 11.4. The molecule has 2 saturated carbocycles. The van der Waals surface area contributed by atoms with E-state index in [0.717, 1.165) is 57.3 Å². The summed E-state index contributed by atoms with van der Waals surface area (Å²) >= 11 is 0. The van der Waals surface area contributed by atoms with Crippen LogP contribution >= 0.6 is 0 Å². The van der Waals surface area contributed by atoms with Crippen molar-refractivity contribution in [1.29, 1.82) is 0 Å². The van der Waals surface area contributed by atoms with Crippen molar-refractivity contribution < 1.29 is 19.1 Å². The van der Waals surface area contributed by atoms with E-state index in [2.05, 4.69) is 20.8 Å². The predicted molar refractivity (Wildman–Crippen MR) is 109 cm³/mol. The van der Waals surface area contributed by atoms with Gasteiger partial charge in [0.1, 0.15) is 12.2 Å². The summed E-state index contributed by atoms with van der Waals surface area (Å²) in [4.78, 5) is 24.8. The minimum atomic E-state index is -0.257. The van der Waals surface area contributed by atoms with Gasteiger partial charge in [0.2, 0.25) is 0 Å². The van der Waals surface area contributed by atoms with Crippen LogP contribution in [0.4, 0.5) is 0 Å². The van der Waals surface area contributed by atoms with Crippen LogP contribution in [0, 0.1) is 11.8 Å².